The Hall–Kier alpha value is -1.35. The first-order valence-corrected chi connectivity index (χ1v) is 6.66. The molecule has 0 radical (unpaired) electrons. The van der Waals surface area contributed by atoms with Gasteiger partial charge in [0.2, 0.25) is 5.91 Å². The zero-order chi connectivity index (χ0) is 13.1. The molecule has 0 saturated carbocycles. The summed E-state index contributed by atoms with van der Waals surface area (Å²) in [6.45, 7) is 8.68. The highest BCUT2D eigenvalue weighted by Gasteiger charge is 2.26. The van der Waals surface area contributed by atoms with Crippen LogP contribution in [0.25, 0.3) is 0 Å². The Morgan fingerprint density at radius 2 is 2.28 bits per heavy atom. The van der Waals surface area contributed by atoms with Crippen LogP contribution in [-0.4, -0.2) is 19.0 Å². The molecule has 1 aliphatic rings. The van der Waals surface area contributed by atoms with Crippen LogP contribution in [0.1, 0.15) is 36.5 Å². The predicted octanol–water partition coefficient (Wildman–Crippen LogP) is 1.95. The highest BCUT2D eigenvalue weighted by molar-refractivity contribution is 5.84. The summed E-state index contributed by atoms with van der Waals surface area (Å²) < 4.78 is 0. The number of carbonyl (C=O) groups is 1. The zero-order valence-electron chi connectivity index (χ0n) is 11.4. The Morgan fingerprint density at radius 1 is 1.50 bits per heavy atom. The first-order valence-electron chi connectivity index (χ1n) is 6.66. The second kappa shape index (κ2) is 5.53. The lowest BCUT2D eigenvalue weighted by Crippen LogP contribution is -2.40. The lowest BCUT2D eigenvalue weighted by atomic mass is 9.88. The molecule has 1 aromatic carbocycles. The van der Waals surface area contributed by atoms with E-state index >= 15 is 0 Å². The maximum atomic E-state index is 12.2. The smallest absolute Gasteiger partial charge is 0.228 e. The molecule has 0 fully saturated rings. The van der Waals surface area contributed by atoms with Crippen LogP contribution >= 0.6 is 0 Å². The molecule has 0 aromatic heterocycles. The van der Waals surface area contributed by atoms with Gasteiger partial charge in [-0.05, 0) is 29.5 Å². The Morgan fingerprint density at radius 3 is 3.00 bits per heavy atom. The van der Waals surface area contributed by atoms with Crippen molar-refractivity contribution < 1.29 is 4.79 Å². The number of aryl methyl sites for hydroxylation is 1. The Balaban J connectivity index is 2.17. The molecule has 2 rings (SSSR count). The fourth-order valence-electron chi connectivity index (χ4n) is 2.41. The van der Waals surface area contributed by atoms with Crippen LogP contribution < -0.4 is 10.6 Å². The average molecular weight is 246 g/mol. The largest absolute Gasteiger partial charge is 0.355 e. The van der Waals surface area contributed by atoms with E-state index in [2.05, 4.69) is 43.5 Å². The standard InChI is InChI=1S/C15H22N2O/c1-10(2)7-17-15(18)14-9-16-8-13-11(3)5-4-6-12(13)14/h4-6,10,14,16H,7-9H2,1-3H3,(H,17,18). The number of hydrogen-bond donors (Lipinski definition) is 2. The van der Waals surface area contributed by atoms with Gasteiger partial charge in [-0.15, -0.1) is 0 Å². The van der Waals surface area contributed by atoms with Gasteiger partial charge in [0.1, 0.15) is 0 Å². The molecule has 0 aliphatic carbocycles. The van der Waals surface area contributed by atoms with Crippen molar-refractivity contribution in [3.05, 3.63) is 34.9 Å². The highest BCUT2D eigenvalue weighted by atomic mass is 16.1. The van der Waals surface area contributed by atoms with Crippen molar-refractivity contribution >= 4 is 5.91 Å². The van der Waals surface area contributed by atoms with Gasteiger partial charge in [0.15, 0.2) is 0 Å². The van der Waals surface area contributed by atoms with Crippen LogP contribution in [0.5, 0.6) is 0 Å². The van der Waals surface area contributed by atoms with E-state index in [-0.39, 0.29) is 11.8 Å². The number of carbonyl (C=O) groups excluding carboxylic acids is 1. The van der Waals surface area contributed by atoms with Crippen molar-refractivity contribution in [3.8, 4) is 0 Å². The van der Waals surface area contributed by atoms with Gasteiger partial charge in [-0.25, -0.2) is 0 Å². The Bertz CT molecular complexity index is 440. The summed E-state index contributed by atoms with van der Waals surface area (Å²) >= 11 is 0. The number of rotatable bonds is 3. The molecule has 98 valence electrons. The van der Waals surface area contributed by atoms with Gasteiger partial charge in [-0.1, -0.05) is 32.0 Å². The zero-order valence-corrected chi connectivity index (χ0v) is 11.4. The molecular formula is C15H22N2O. The summed E-state index contributed by atoms with van der Waals surface area (Å²) in [6, 6.07) is 6.24. The van der Waals surface area contributed by atoms with Crippen LogP contribution in [-0.2, 0) is 11.3 Å². The van der Waals surface area contributed by atoms with Gasteiger partial charge >= 0.3 is 0 Å². The molecule has 0 saturated heterocycles. The molecule has 3 heteroatoms. The lowest BCUT2D eigenvalue weighted by Gasteiger charge is -2.27. The van der Waals surface area contributed by atoms with Crippen LogP contribution in [0, 0.1) is 12.8 Å². The Kier molecular flexibility index (Phi) is 4.02. The average Bonchev–Trinajstić information content (AvgIpc) is 2.36. The fraction of sp³-hybridized carbons (Fsp3) is 0.533. The molecule has 1 aromatic rings. The summed E-state index contributed by atoms with van der Waals surface area (Å²) in [5.41, 5.74) is 3.74. The van der Waals surface area contributed by atoms with E-state index in [1.54, 1.807) is 0 Å². The molecule has 0 bridgehead atoms. The minimum absolute atomic E-state index is 0.0487. The highest BCUT2D eigenvalue weighted by Crippen LogP contribution is 2.26. The molecule has 1 unspecified atom stereocenters. The van der Waals surface area contributed by atoms with Crippen LogP contribution in [0.4, 0.5) is 0 Å². The third-order valence-electron chi connectivity index (χ3n) is 3.47. The third kappa shape index (κ3) is 2.72. The first-order chi connectivity index (χ1) is 8.59. The van der Waals surface area contributed by atoms with E-state index in [1.807, 2.05) is 6.07 Å². The normalized spacial score (nSPS) is 18.6. The van der Waals surface area contributed by atoms with Crippen molar-refractivity contribution in [3.63, 3.8) is 0 Å². The molecule has 1 heterocycles. The predicted molar refractivity (Wildman–Crippen MR) is 73.5 cm³/mol. The van der Waals surface area contributed by atoms with E-state index in [0.29, 0.717) is 5.92 Å². The quantitative estimate of drug-likeness (QED) is 0.856. The Labute approximate surface area is 109 Å². The number of nitrogens with one attached hydrogen (secondary N) is 2. The summed E-state index contributed by atoms with van der Waals surface area (Å²) in [7, 11) is 0. The van der Waals surface area contributed by atoms with Gasteiger partial charge in [0.25, 0.3) is 0 Å². The number of hydrogen-bond acceptors (Lipinski definition) is 2. The number of benzene rings is 1. The van der Waals surface area contributed by atoms with Crippen molar-refractivity contribution in [1.82, 2.24) is 10.6 Å². The molecule has 3 nitrogen and oxygen atoms in total. The molecule has 1 atom stereocenters. The maximum absolute atomic E-state index is 12.2. The summed E-state index contributed by atoms with van der Waals surface area (Å²) in [4.78, 5) is 12.2. The maximum Gasteiger partial charge on any atom is 0.228 e. The summed E-state index contributed by atoms with van der Waals surface area (Å²) in [5.74, 6) is 0.581. The van der Waals surface area contributed by atoms with Gasteiger partial charge in [0, 0.05) is 19.6 Å². The van der Waals surface area contributed by atoms with Gasteiger partial charge < -0.3 is 10.6 Å². The van der Waals surface area contributed by atoms with Crippen molar-refractivity contribution in [2.24, 2.45) is 5.92 Å². The van der Waals surface area contributed by atoms with Gasteiger partial charge in [-0.2, -0.15) is 0 Å². The molecule has 18 heavy (non-hydrogen) atoms. The minimum Gasteiger partial charge on any atom is -0.355 e. The molecule has 0 spiro atoms. The first kappa shape index (κ1) is 13.1. The van der Waals surface area contributed by atoms with Crippen LogP contribution in [0.2, 0.25) is 0 Å². The van der Waals surface area contributed by atoms with E-state index in [9.17, 15) is 4.79 Å². The number of fused-ring (bicyclic) bond motifs is 1. The molecule has 2 N–H and O–H groups in total. The SMILES string of the molecule is Cc1cccc2c1CNCC2C(=O)NCC(C)C. The van der Waals surface area contributed by atoms with Gasteiger partial charge in [0.05, 0.1) is 5.92 Å². The van der Waals surface area contributed by atoms with E-state index in [4.69, 9.17) is 0 Å². The van der Waals surface area contributed by atoms with E-state index in [0.717, 1.165) is 19.6 Å². The molecule has 1 amide bonds. The van der Waals surface area contributed by atoms with E-state index in [1.165, 1.54) is 16.7 Å². The lowest BCUT2D eigenvalue weighted by molar-refractivity contribution is -0.122. The monoisotopic (exact) mass is 246 g/mol. The minimum atomic E-state index is -0.0487. The van der Waals surface area contributed by atoms with Gasteiger partial charge in [-0.3, -0.25) is 4.79 Å². The summed E-state index contributed by atoms with van der Waals surface area (Å²) in [6.07, 6.45) is 0. The topological polar surface area (TPSA) is 41.1 Å². The van der Waals surface area contributed by atoms with E-state index < -0.39 is 0 Å². The van der Waals surface area contributed by atoms with Crippen molar-refractivity contribution in [2.75, 3.05) is 13.1 Å². The van der Waals surface area contributed by atoms with Crippen LogP contribution in [0.15, 0.2) is 18.2 Å². The van der Waals surface area contributed by atoms with Crippen molar-refractivity contribution in [2.45, 2.75) is 33.2 Å². The second-order valence-electron chi connectivity index (χ2n) is 5.47. The number of amides is 1. The second-order valence-corrected chi connectivity index (χ2v) is 5.47. The third-order valence-corrected chi connectivity index (χ3v) is 3.47. The molecule has 1 aliphatic heterocycles. The fourth-order valence-corrected chi connectivity index (χ4v) is 2.41. The summed E-state index contributed by atoms with van der Waals surface area (Å²) in [5, 5.41) is 6.37. The van der Waals surface area contributed by atoms with Crippen LogP contribution in [0.3, 0.4) is 0 Å². The molecular weight excluding hydrogens is 224 g/mol. The van der Waals surface area contributed by atoms with Crippen molar-refractivity contribution in [1.29, 1.82) is 0 Å².